The standard InChI is InChI=1S/C34H38N4O2.CO2/c1-9-22-20(6)28-14-31-24-11-10-23(33(39)40)21(7)34(24,8)32(38-31)15-29-19(5)18(4)26(36-29)12-25-16(2)17(3)27(35-25)13-30(22)37-28;2-1-3/h9-10,12-15,18,21,24,26,36-37H,1,11H2,2-8H3,(H,39,40);/b25-12?,28-14-,30-13-,32-15-;. The molecule has 0 saturated heterocycles. The number of hydrogen-bond acceptors (Lipinski definition) is 6. The Hall–Kier alpha value is -4.55. The Kier molecular flexibility index (Phi) is 7.61. The fourth-order valence-corrected chi connectivity index (χ4v) is 7.08. The molecule has 5 heterocycles. The van der Waals surface area contributed by atoms with E-state index in [2.05, 4.69) is 82.7 Å². The van der Waals surface area contributed by atoms with E-state index >= 15 is 0 Å². The van der Waals surface area contributed by atoms with Crippen molar-refractivity contribution >= 4 is 41.8 Å². The second-order valence-corrected chi connectivity index (χ2v) is 12.2. The van der Waals surface area contributed by atoms with Crippen molar-refractivity contribution in [2.75, 3.05) is 0 Å². The molecule has 1 aliphatic carbocycles. The molecule has 0 spiro atoms. The first-order chi connectivity index (χ1) is 20.4. The fourth-order valence-electron chi connectivity index (χ4n) is 7.08. The Balaban J connectivity index is 0.00000118. The van der Waals surface area contributed by atoms with E-state index in [1.807, 2.05) is 19.1 Å². The fraction of sp³-hybridized carbons (Fsp3) is 0.371. The van der Waals surface area contributed by atoms with Crippen molar-refractivity contribution in [2.45, 2.75) is 60.9 Å². The number of carboxylic acids is 1. The Morgan fingerprint density at radius 1 is 1.09 bits per heavy atom. The first kappa shape index (κ1) is 29.9. The van der Waals surface area contributed by atoms with Crippen LogP contribution >= 0.6 is 0 Å². The molecule has 6 rings (SSSR count). The Labute approximate surface area is 251 Å². The van der Waals surface area contributed by atoms with Crippen LogP contribution in [0.1, 0.15) is 59.1 Å². The van der Waals surface area contributed by atoms with Gasteiger partial charge in [-0.3, -0.25) is 4.99 Å². The topological polar surface area (TPSA) is 124 Å². The number of aromatic amines is 1. The van der Waals surface area contributed by atoms with Crippen molar-refractivity contribution in [3.05, 3.63) is 86.0 Å². The van der Waals surface area contributed by atoms with Crippen molar-refractivity contribution in [3.63, 3.8) is 0 Å². The van der Waals surface area contributed by atoms with Crippen molar-refractivity contribution < 1.29 is 19.5 Å². The molecule has 3 N–H and O–H groups in total. The Morgan fingerprint density at radius 2 is 1.79 bits per heavy atom. The quantitative estimate of drug-likeness (QED) is 0.476. The Morgan fingerprint density at radius 3 is 2.44 bits per heavy atom. The summed E-state index contributed by atoms with van der Waals surface area (Å²) >= 11 is 0. The minimum Gasteiger partial charge on any atom is -0.478 e. The summed E-state index contributed by atoms with van der Waals surface area (Å²) in [7, 11) is 0. The molecule has 222 valence electrons. The van der Waals surface area contributed by atoms with Crippen LogP contribution in [0.2, 0.25) is 0 Å². The average Bonchev–Trinajstić information content (AvgIpc) is 3.59. The molecule has 8 bridgehead atoms. The van der Waals surface area contributed by atoms with Gasteiger partial charge in [0, 0.05) is 56.2 Å². The number of allylic oxidation sites excluding steroid dienone is 5. The first-order valence-electron chi connectivity index (χ1n) is 14.6. The number of aliphatic carboxylic acids is 1. The largest absolute Gasteiger partial charge is 0.478 e. The van der Waals surface area contributed by atoms with Gasteiger partial charge in [-0.2, -0.15) is 9.59 Å². The molecule has 0 radical (unpaired) electrons. The van der Waals surface area contributed by atoms with Gasteiger partial charge in [0.25, 0.3) is 0 Å². The predicted molar refractivity (Wildman–Crippen MR) is 168 cm³/mol. The van der Waals surface area contributed by atoms with Crippen LogP contribution in [0.3, 0.4) is 0 Å². The number of aromatic nitrogens is 1. The smallest absolute Gasteiger partial charge is 0.373 e. The number of nitrogens with one attached hydrogen (secondary N) is 2. The highest BCUT2D eigenvalue weighted by atomic mass is 16.4. The lowest BCUT2D eigenvalue weighted by Crippen LogP contribution is -2.40. The molecule has 5 atom stereocenters. The van der Waals surface area contributed by atoms with Crippen LogP contribution in [0.4, 0.5) is 0 Å². The van der Waals surface area contributed by atoms with Gasteiger partial charge in [-0.25, -0.2) is 9.79 Å². The van der Waals surface area contributed by atoms with Crippen LogP contribution in [0.25, 0.3) is 18.2 Å². The molecule has 4 aliphatic heterocycles. The van der Waals surface area contributed by atoms with E-state index in [0.717, 1.165) is 50.3 Å². The first-order valence-corrected chi connectivity index (χ1v) is 14.6. The van der Waals surface area contributed by atoms with Gasteiger partial charge in [-0.05, 0) is 86.6 Å². The molecule has 0 amide bonds. The third-order valence-corrected chi connectivity index (χ3v) is 10.4. The number of hydrogen-bond donors (Lipinski definition) is 3. The molecule has 43 heavy (non-hydrogen) atoms. The molecular weight excluding hydrogens is 540 g/mol. The molecule has 1 aromatic heterocycles. The molecule has 5 aliphatic rings. The van der Waals surface area contributed by atoms with Gasteiger partial charge in [-0.1, -0.05) is 39.5 Å². The summed E-state index contributed by atoms with van der Waals surface area (Å²) in [4.78, 5) is 42.4. The zero-order valence-corrected chi connectivity index (χ0v) is 25.8. The van der Waals surface area contributed by atoms with E-state index in [9.17, 15) is 9.90 Å². The van der Waals surface area contributed by atoms with Gasteiger partial charge in [0.2, 0.25) is 0 Å². The number of carbonyl (C=O) groups is 1. The molecule has 8 heteroatoms. The molecule has 0 saturated carbocycles. The minimum absolute atomic E-state index is 0.0701. The normalized spacial score (nSPS) is 31.7. The number of aliphatic imine (C=N–C) groups is 2. The third kappa shape index (κ3) is 4.66. The summed E-state index contributed by atoms with van der Waals surface area (Å²) in [5.74, 6) is -0.683. The van der Waals surface area contributed by atoms with Crippen LogP contribution < -0.4 is 16.0 Å². The summed E-state index contributed by atoms with van der Waals surface area (Å²) in [5, 5.41) is 15.7. The zero-order chi connectivity index (χ0) is 31.4. The van der Waals surface area contributed by atoms with Crippen LogP contribution in [0, 0.1) is 30.1 Å². The highest BCUT2D eigenvalue weighted by Crippen LogP contribution is 2.55. The minimum atomic E-state index is -0.844. The number of nitrogens with zero attached hydrogens (tertiary/aromatic N) is 2. The van der Waals surface area contributed by atoms with E-state index in [-0.39, 0.29) is 29.9 Å². The summed E-state index contributed by atoms with van der Waals surface area (Å²) in [5.41, 5.74) is 10.8. The SMILES string of the molecule is C=Cc1c(C)/c2[nH]/c1=C\C1=NC(=CC3NC(=C(C)C3C)/C=C3N=C(\C=2)C2CC=C(C(=O)O)C(C)C\32C)C(C)=C1C.O=C=O. The number of carboxylic acid groups (broad SMARTS) is 1. The van der Waals surface area contributed by atoms with Crippen molar-refractivity contribution in [2.24, 2.45) is 33.2 Å². The molecule has 8 nitrogen and oxygen atoms in total. The average molecular weight is 579 g/mol. The number of carbonyl (C=O) groups excluding carboxylic acids is 2. The number of rotatable bonds is 2. The van der Waals surface area contributed by atoms with Gasteiger partial charge in [0.1, 0.15) is 0 Å². The third-order valence-electron chi connectivity index (χ3n) is 10.4. The lowest BCUT2D eigenvalue weighted by molar-refractivity contribution is -0.191. The summed E-state index contributed by atoms with van der Waals surface area (Å²) in [6, 6.07) is 0.0990. The number of fused-ring (bicyclic) bond motifs is 9. The second-order valence-electron chi connectivity index (χ2n) is 12.2. The van der Waals surface area contributed by atoms with E-state index < -0.39 is 11.4 Å². The summed E-state index contributed by atoms with van der Waals surface area (Å²) in [6.45, 7) is 19.1. The molecule has 5 unspecified atom stereocenters. The zero-order valence-electron chi connectivity index (χ0n) is 25.8. The molecule has 0 aromatic carbocycles. The maximum atomic E-state index is 12.2. The van der Waals surface area contributed by atoms with Crippen LogP contribution in [0.15, 0.2) is 74.2 Å². The Bertz CT molecular complexity index is 1830. The van der Waals surface area contributed by atoms with Gasteiger partial charge < -0.3 is 15.4 Å². The van der Waals surface area contributed by atoms with Gasteiger partial charge in [0.05, 0.1) is 17.5 Å². The van der Waals surface area contributed by atoms with E-state index in [0.29, 0.717) is 12.0 Å². The second kappa shape index (κ2) is 10.9. The lowest BCUT2D eigenvalue weighted by atomic mass is 9.60. The van der Waals surface area contributed by atoms with Gasteiger partial charge in [-0.15, -0.1) is 0 Å². The lowest BCUT2D eigenvalue weighted by Gasteiger charge is -2.41. The van der Waals surface area contributed by atoms with Crippen LogP contribution in [-0.2, 0) is 14.4 Å². The van der Waals surface area contributed by atoms with Crippen molar-refractivity contribution in [3.8, 4) is 0 Å². The van der Waals surface area contributed by atoms with E-state index in [1.54, 1.807) is 0 Å². The van der Waals surface area contributed by atoms with Gasteiger partial charge >= 0.3 is 12.1 Å². The van der Waals surface area contributed by atoms with Crippen molar-refractivity contribution in [1.82, 2.24) is 10.3 Å². The highest BCUT2D eigenvalue weighted by molar-refractivity contribution is 6.23. The van der Waals surface area contributed by atoms with E-state index in [4.69, 9.17) is 19.6 Å². The maximum absolute atomic E-state index is 12.2. The summed E-state index contributed by atoms with van der Waals surface area (Å²) in [6.07, 6.45) is 13.4. The van der Waals surface area contributed by atoms with Crippen LogP contribution in [-0.4, -0.2) is 39.7 Å². The maximum Gasteiger partial charge on any atom is 0.373 e. The molecule has 0 fully saturated rings. The van der Waals surface area contributed by atoms with Crippen molar-refractivity contribution in [1.29, 1.82) is 0 Å². The predicted octanol–water partition coefficient (Wildman–Crippen LogP) is 4.53. The number of H-pyrrole nitrogens is 1. The highest BCUT2D eigenvalue weighted by Gasteiger charge is 2.52. The van der Waals surface area contributed by atoms with E-state index in [1.165, 1.54) is 16.7 Å². The van der Waals surface area contributed by atoms with Crippen LogP contribution in [0.5, 0.6) is 0 Å². The van der Waals surface area contributed by atoms with Gasteiger partial charge in [0.15, 0.2) is 0 Å². The molecule has 1 aromatic rings. The monoisotopic (exact) mass is 578 g/mol. The molecular formula is C35H38N4O4. The summed E-state index contributed by atoms with van der Waals surface area (Å²) < 4.78 is 0.